The van der Waals surface area contributed by atoms with Crippen LogP contribution in [0.2, 0.25) is 0 Å². The van der Waals surface area contributed by atoms with Crippen LogP contribution in [0.4, 0.5) is 5.69 Å². The normalized spacial score (nSPS) is 11.4. The first kappa shape index (κ1) is 19.0. The van der Waals surface area contributed by atoms with E-state index < -0.39 is 11.6 Å². The second-order valence-corrected chi connectivity index (χ2v) is 7.60. The topological polar surface area (TPSA) is 70.8 Å². The fourth-order valence-electron chi connectivity index (χ4n) is 1.49. The SMILES string of the molecule is CCCCOP(=S)(OCCCC)Oc1ccc([N+](=O)[O-])cc1. The number of non-ortho nitro benzene ring substituents is 1. The van der Waals surface area contributed by atoms with Crippen molar-refractivity contribution in [3.05, 3.63) is 34.4 Å². The molecule has 124 valence electrons. The van der Waals surface area contributed by atoms with Gasteiger partial charge in [0.05, 0.1) is 18.1 Å². The summed E-state index contributed by atoms with van der Waals surface area (Å²) in [5.41, 5.74) is -0.000505. The maximum Gasteiger partial charge on any atom is 0.380 e. The zero-order valence-corrected chi connectivity index (χ0v) is 14.6. The highest BCUT2D eigenvalue weighted by Crippen LogP contribution is 2.50. The lowest BCUT2D eigenvalue weighted by Gasteiger charge is -2.22. The summed E-state index contributed by atoms with van der Waals surface area (Å²) >= 11 is 5.41. The number of hydrogen-bond acceptors (Lipinski definition) is 6. The average molecular weight is 347 g/mol. The van der Waals surface area contributed by atoms with Crippen LogP contribution < -0.4 is 4.52 Å². The van der Waals surface area contributed by atoms with Crippen molar-refractivity contribution in [3.8, 4) is 5.75 Å². The third-order valence-electron chi connectivity index (χ3n) is 2.76. The molecule has 1 aromatic rings. The van der Waals surface area contributed by atoms with Crippen molar-refractivity contribution < 1.29 is 18.5 Å². The van der Waals surface area contributed by atoms with Gasteiger partial charge in [-0.15, -0.1) is 0 Å². The van der Waals surface area contributed by atoms with Crippen molar-refractivity contribution in [1.29, 1.82) is 0 Å². The van der Waals surface area contributed by atoms with Crippen LogP contribution in [-0.2, 0) is 20.9 Å². The molecule has 0 amide bonds. The minimum atomic E-state index is -2.88. The highest BCUT2D eigenvalue weighted by Gasteiger charge is 2.22. The highest BCUT2D eigenvalue weighted by atomic mass is 32.5. The van der Waals surface area contributed by atoms with Crippen LogP contribution >= 0.6 is 6.72 Å². The molecule has 0 aliphatic carbocycles. The lowest BCUT2D eigenvalue weighted by molar-refractivity contribution is -0.384. The number of hydrogen-bond donors (Lipinski definition) is 0. The first-order chi connectivity index (χ1) is 10.5. The van der Waals surface area contributed by atoms with E-state index in [-0.39, 0.29) is 5.69 Å². The molecule has 0 bridgehead atoms. The second kappa shape index (κ2) is 9.90. The van der Waals surface area contributed by atoms with Crippen molar-refractivity contribution in [3.63, 3.8) is 0 Å². The monoisotopic (exact) mass is 347 g/mol. The Morgan fingerprint density at radius 3 is 2.00 bits per heavy atom. The Labute approximate surface area is 136 Å². The fourth-order valence-corrected chi connectivity index (χ4v) is 3.46. The number of nitro groups is 1. The van der Waals surface area contributed by atoms with Gasteiger partial charge in [-0.1, -0.05) is 26.7 Å². The van der Waals surface area contributed by atoms with Gasteiger partial charge < -0.3 is 4.52 Å². The van der Waals surface area contributed by atoms with E-state index in [0.29, 0.717) is 19.0 Å². The number of nitro benzene ring substituents is 1. The summed E-state index contributed by atoms with van der Waals surface area (Å²) < 4.78 is 17.0. The Kier molecular flexibility index (Phi) is 8.56. The first-order valence-electron chi connectivity index (χ1n) is 7.34. The Morgan fingerprint density at radius 2 is 1.59 bits per heavy atom. The number of unbranched alkanes of at least 4 members (excludes halogenated alkanes) is 2. The summed E-state index contributed by atoms with van der Waals surface area (Å²) in [6, 6.07) is 5.75. The standard InChI is InChI=1S/C14H22NO5PS/c1-3-5-11-18-21(22,19-12-6-4-2)20-14-9-7-13(8-10-14)15(16)17/h7-10H,3-6,11-12H2,1-2H3. The predicted octanol–water partition coefficient (Wildman–Crippen LogP) is 4.83. The first-order valence-corrected chi connectivity index (χ1v) is 9.89. The van der Waals surface area contributed by atoms with E-state index in [2.05, 4.69) is 13.8 Å². The second-order valence-electron chi connectivity index (χ2n) is 4.66. The number of nitrogens with zero attached hydrogens (tertiary/aromatic N) is 1. The minimum absolute atomic E-state index is 0.000505. The zero-order chi connectivity index (χ0) is 16.4. The smallest absolute Gasteiger partial charge is 0.380 e. The van der Waals surface area contributed by atoms with Crippen LogP contribution in [0.15, 0.2) is 24.3 Å². The summed E-state index contributed by atoms with van der Waals surface area (Å²) in [7, 11) is 0. The van der Waals surface area contributed by atoms with Gasteiger partial charge in [-0.25, -0.2) is 0 Å². The van der Waals surface area contributed by atoms with Gasteiger partial charge in [0.2, 0.25) is 0 Å². The van der Waals surface area contributed by atoms with E-state index in [1.54, 1.807) is 0 Å². The molecule has 8 heteroatoms. The van der Waals surface area contributed by atoms with Gasteiger partial charge in [-0.05, 0) is 25.0 Å². The molecule has 0 unspecified atom stereocenters. The van der Waals surface area contributed by atoms with Gasteiger partial charge in [0, 0.05) is 23.9 Å². The lowest BCUT2D eigenvalue weighted by Crippen LogP contribution is -2.04. The summed E-state index contributed by atoms with van der Waals surface area (Å²) in [4.78, 5) is 10.2. The van der Waals surface area contributed by atoms with E-state index in [4.69, 9.17) is 25.4 Å². The molecule has 22 heavy (non-hydrogen) atoms. The quantitative estimate of drug-likeness (QED) is 0.247. The molecule has 6 nitrogen and oxygen atoms in total. The number of rotatable bonds is 11. The van der Waals surface area contributed by atoms with Gasteiger partial charge >= 0.3 is 6.72 Å². The van der Waals surface area contributed by atoms with Crippen LogP contribution in [0.25, 0.3) is 0 Å². The van der Waals surface area contributed by atoms with Gasteiger partial charge in [0.15, 0.2) is 0 Å². The molecule has 0 spiro atoms. The molecule has 0 heterocycles. The molecular formula is C14H22NO5PS. The van der Waals surface area contributed by atoms with Gasteiger partial charge in [0.25, 0.3) is 5.69 Å². The largest absolute Gasteiger partial charge is 0.424 e. The number of benzene rings is 1. The molecule has 0 radical (unpaired) electrons. The van der Waals surface area contributed by atoms with Crippen molar-refractivity contribution in [2.24, 2.45) is 0 Å². The van der Waals surface area contributed by atoms with E-state index in [1.807, 2.05) is 0 Å². The van der Waals surface area contributed by atoms with Gasteiger partial charge in [0.1, 0.15) is 5.75 Å². The molecule has 0 fully saturated rings. The lowest BCUT2D eigenvalue weighted by atomic mass is 10.3. The fraction of sp³-hybridized carbons (Fsp3) is 0.571. The maximum atomic E-state index is 10.6. The third-order valence-corrected chi connectivity index (χ3v) is 5.05. The minimum Gasteiger partial charge on any atom is -0.424 e. The van der Waals surface area contributed by atoms with E-state index in [0.717, 1.165) is 25.7 Å². The molecule has 0 aliphatic heterocycles. The van der Waals surface area contributed by atoms with Crippen molar-refractivity contribution >= 4 is 24.2 Å². The van der Waals surface area contributed by atoms with E-state index in [9.17, 15) is 10.1 Å². The van der Waals surface area contributed by atoms with Crippen LogP contribution in [0, 0.1) is 10.1 Å². The Balaban J connectivity index is 2.73. The Bertz CT molecular complexity index is 494. The van der Waals surface area contributed by atoms with Crippen molar-refractivity contribution in [1.82, 2.24) is 0 Å². The Hall–Kier alpha value is -1.01. The molecule has 0 atom stereocenters. The highest BCUT2D eigenvalue weighted by molar-refractivity contribution is 8.07. The Morgan fingerprint density at radius 1 is 1.09 bits per heavy atom. The van der Waals surface area contributed by atoms with Crippen molar-refractivity contribution in [2.75, 3.05) is 13.2 Å². The molecule has 1 rings (SSSR count). The van der Waals surface area contributed by atoms with Crippen LogP contribution in [0.3, 0.4) is 0 Å². The molecule has 0 aliphatic rings. The zero-order valence-electron chi connectivity index (χ0n) is 12.9. The van der Waals surface area contributed by atoms with E-state index in [1.165, 1.54) is 24.3 Å². The maximum absolute atomic E-state index is 10.6. The molecule has 0 saturated heterocycles. The van der Waals surface area contributed by atoms with E-state index >= 15 is 0 Å². The van der Waals surface area contributed by atoms with Crippen LogP contribution in [-0.4, -0.2) is 18.1 Å². The summed E-state index contributed by atoms with van der Waals surface area (Å²) in [5.74, 6) is 0.418. The summed E-state index contributed by atoms with van der Waals surface area (Å²) in [6.45, 7) is 2.20. The molecule has 0 aromatic heterocycles. The van der Waals surface area contributed by atoms with Crippen molar-refractivity contribution in [2.45, 2.75) is 39.5 Å². The summed E-state index contributed by atoms with van der Waals surface area (Å²) in [5, 5.41) is 10.6. The predicted molar refractivity (Wildman–Crippen MR) is 89.7 cm³/mol. The third kappa shape index (κ3) is 6.83. The molecule has 0 saturated carbocycles. The van der Waals surface area contributed by atoms with Crippen LogP contribution in [0.5, 0.6) is 5.75 Å². The van der Waals surface area contributed by atoms with Gasteiger partial charge in [-0.3, -0.25) is 19.2 Å². The molecular weight excluding hydrogens is 325 g/mol. The molecule has 1 aromatic carbocycles. The molecule has 0 N–H and O–H groups in total. The van der Waals surface area contributed by atoms with Crippen LogP contribution in [0.1, 0.15) is 39.5 Å². The summed E-state index contributed by atoms with van der Waals surface area (Å²) in [6.07, 6.45) is 3.72. The average Bonchev–Trinajstić information content (AvgIpc) is 2.48. The van der Waals surface area contributed by atoms with Gasteiger partial charge in [-0.2, -0.15) is 0 Å².